The third kappa shape index (κ3) is 5.74. The van der Waals surface area contributed by atoms with Gasteiger partial charge in [-0.15, -0.1) is 22.0 Å². The summed E-state index contributed by atoms with van der Waals surface area (Å²) >= 11 is 7.67. The van der Waals surface area contributed by atoms with E-state index in [0.717, 1.165) is 34.8 Å². The summed E-state index contributed by atoms with van der Waals surface area (Å²) in [6.45, 7) is 1.32. The zero-order valence-corrected chi connectivity index (χ0v) is 16.5. The van der Waals surface area contributed by atoms with E-state index in [-0.39, 0.29) is 0 Å². The van der Waals surface area contributed by atoms with Crippen molar-refractivity contribution in [2.24, 2.45) is 4.99 Å². The minimum absolute atomic E-state index is 0.527. The molecule has 0 atom stereocenters. The predicted octanol–water partition coefficient (Wildman–Crippen LogP) is 3.38. The highest BCUT2D eigenvalue weighted by Gasteiger charge is 2.07. The van der Waals surface area contributed by atoms with E-state index in [9.17, 15) is 0 Å². The summed E-state index contributed by atoms with van der Waals surface area (Å²) in [5.41, 5.74) is 1.03. The van der Waals surface area contributed by atoms with Gasteiger partial charge in [0.1, 0.15) is 6.33 Å². The maximum absolute atomic E-state index is 5.90. The van der Waals surface area contributed by atoms with E-state index in [4.69, 9.17) is 11.6 Å². The first-order valence-corrected chi connectivity index (χ1v) is 9.90. The molecule has 0 aliphatic carbocycles. The molecule has 2 aromatic carbocycles. The largest absolute Gasteiger partial charge is 0.356 e. The molecule has 140 valence electrons. The molecule has 1 aromatic heterocycles. The monoisotopic (exact) mass is 400 g/mol. The summed E-state index contributed by atoms with van der Waals surface area (Å²) in [5.74, 6) is 2.47. The fourth-order valence-corrected chi connectivity index (χ4v) is 3.33. The van der Waals surface area contributed by atoms with Gasteiger partial charge < -0.3 is 10.6 Å². The first-order valence-electron chi connectivity index (χ1n) is 8.53. The SMILES string of the molecule is CN=C(NCCSc1ccc(Cl)cc1)NCc1nncn1-c1ccccc1. The molecule has 0 spiro atoms. The molecule has 0 aliphatic heterocycles. The highest BCUT2D eigenvalue weighted by Crippen LogP contribution is 2.19. The second-order valence-electron chi connectivity index (χ2n) is 5.61. The first-order chi connectivity index (χ1) is 13.3. The van der Waals surface area contributed by atoms with Crippen molar-refractivity contribution in [3.63, 3.8) is 0 Å². The number of hydrogen-bond acceptors (Lipinski definition) is 4. The van der Waals surface area contributed by atoms with Gasteiger partial charge in [0.05, 0.1) is 6.54 Å². The van der Waals surface area contributed by atoms with Crippen molar-refractivity contribution in [1.29, 1.82) is 0 Å². The molecule has 0 aliphatic rings. The van der Waals surface area contributed by atoms with Gasteiger partial charge in [0.25, 0.3) is 0 Å². The van der Waals surface area contributed by atoms with Crippen molar-refractivity contribution in [3.05, 3.63) is 71.8 Å². The van der Waals surface area contributed by atoms with E-state index in [1.807, 2.05) is 59.2 Å². The maximum atomic E-state index is 5.90. The second-order valence-corrected chi connectivity index (χ2v) is 7.21. The van der Waals surface area contributed by atoms with Crippen LogP contribution in [0.5, 0.6) is 0 Å². The lowest BCUT2D eigenvalue weighted by Crippen LogP contribution is -2.38. The standard InChI is InChI=1S/C19H21ClN6S/c1-21-19(22-11-12-27-17-9-7-15(20)8-10-17)23-13-18-25-24-14-26(18)16-5-3-2-4-6-16/h2-10,14H,11-13H2,1H3,(H2,21,22,23). The lowest BCUT2D eigenvalue weighted by molar-refractivity contribution is 0.763. The molecule has 0 saturated heterocycles. The van der Waals surface area contributed by atoms with Crippen LogP contribution in [0.2, 0.25) is 5.02 Å². The molecular weight excluding hydrogens is 380 g/mol. The number of para-hydroxylation sites is 1. The number of halogens is 1. The van der Waals surface area contributed by atoms with Gasteiger partial charge in [-0.25, -0.2) is 0 Å². The number of hydrogen-bond donors (Lipinski definition) is 2. The molecule has 0 unspecified atom stereocenters. The molecule has 8 heteroatoms. The number of aliphatic imine (C=N–C) groups is 1. The zero-order valence-electron chi connectivity index (χ0n) is 15.0. The van der Waals surface area contributed by atoms with Crippen LogP contribution < -0.4 is 10.6 Å². The Hall–Kier alpha value is -2.51. The molecule has 0 radical (unpaired) electrons. The zero-order chi connectivity index (χ0) is 18.9. The topological polar surface area (TPSA) is 67.1 Å². The van der Waals surface area contributed by atoms with Gasteiger partial charge in [0, 0.05) is 35.0 Å². The second kappa shape index (κ2) is 9.99. The van der Waals surface area contributed by atoms with Crippen molar-refractivity contribution in [2.75, 3.05) is 19.3 Å². The Morgan fingerprint density at radius 2 is 1.89 bits per heavy atom. The highest BCUT2D eigenvalue weighted by molar-refractivity contribution is 7.99. The van der Waals surface area contributed by atoms with Crippen molar-refractivity contribution in [2.45, 2.75) is 11.4 Å². The number of benzene rings is 2. The van der Waals surface area contributed by atoms with Crippen molar-refractivity contribution < 1.29 is 0 Å². The molecule has 3 aromatic rings. The van der Waals surface area contributed by atoms with Crippen LogP contribution in [-0.4, -0.2) is 40.1 Å². The molecule has 1 heterocycles. The molecule has 27 heavy (non-hydrogen) atoms. The normalized spacial score (nSPS) is 11.4. The van der Waals surface area contributed by atoms with Crippen LogP contribution >= 0.6 is 23.4 Å². The Kier molecular flexibility index (Phi) is 7.12. The van der Waals surface area contributed by atoms with Crippen molar-refractivity contribution in [3.8, 4) is 5.69 Å². The minimum atomic E-state index is 0.527. The Balaban J connectivity index is 1.46. The quantitative estimate of drug-likeness (QED) is 0.275. The molecular formula is C19H21ClN6S. The van der Waals surface area contributed by atoms with Gasteiger partial charge in [-0.2, -0.15) is 0 Å². The number of aromatic nitrogens is 3. The summed E-state index contributed by atoms with van der Waals surface area (Å²) in [7, 11) is 1.75. The van der Waals surface area contributed by atoms with Crippen LogP contribution in [0.4, 0.5) is 0 Å². The maximum Gasteiger partial charge on any atom is 0.191 e. The van der Waals surface area contributed by atoms with E-state index in [1.54, 1.807) is 25.1 Å². The van der Waals surface area contributed by atoms with Gasteiger partial charge in [-0.3, -0.25) is 9.56 Å². The van der Waals surface area contributed by atoms with Gasteiger partial charge in [0.15, 0.2) is 11.8 Å². The van der Waals surface area contributed by atoms with Gasteiger partial charge in [-0.05, 0) is 36.4 Å². The molecule has 6 nitrogen and oxygen atoms in total. The van der Waals surface area contributed by atoms with E-state index in [0.29, 0.717) is 6.54 Å². The fraction of sp³-hybridized carbons (Fsp3) is 0.211. The average Bonchev–Trinajstić information content (AvgIpc) is 3.18. The third-order valence-corrected chi connectivity index (χ3v) is 5.03. The number of guanidine groups is 1. The minimum Gasteiger partial charge on any atom is -0.356 e. The summed E-state index contributed by atoms with van der Waals surface area (Å²) in [4.78, 5) is 5.45. The fourth-order valence-electron chi connectivity index (χ4n) is 2.44. The summed E-state index contributed by atoms with van der Waals surface area (Å²) in [5, 5.41) is 15.6. The van der Waals surface area contributed by atoms with Crippen molar-refractivity contribution in [1.82, 2.24) is 25.4 Å². The summed E-state index contributed by atoms with van der Waals surface area (Å²) in [6, 6.07) is 17.9. The van der Waals surface area contributed by atoms with E-state index >= 15 is 0 Å². The highest BCUT2D eigenvalue weighted by atomic mass is 35.5. The lowest BCUT2D eigenvalue weighted by atomic mass is 10.3. The van der Waals surface area contributed by atoms with Gasteiger partial charge >= 0.3 is 0 Å². The first kappa shape index (κ1) is 19.3. The van der Waals surface area contributed by atoms with Crippen LogP contribution in [0.15, 0.2) is 70.8 Å². The number of nitrogens with zero attached hydrogens (tertiary/aromatic N) is 4. The van der Waals surface area contributed by atoms with Gasteiger partial charge in [-0.1, -0.05) is 29.8 Å². The summed E-state index contributed by atoms with van der Waals surface area (Å²) in [6.07, 6.45) is 1.71. The lowest BCUT2D eigenvalue weighted by Gasteiger charge is -2.12. The van der Waals surface area contributed by atoms with E-state index < -0.39 is 0 Å². The van der Waals surface area contributed by atoms with Crippen molar-refractivity contribution >= 4 is 29.3 Å². The number of rotatable bonds is 7. The van der Waals surface area contributed by atoms with Crippen LogP contribution in [-0.2, 0) is 6.54 Å². The van der Waals surface area contributed by atoms with E-state index in [2.05, 4.69) is 25.8 Å². The van der Waals surface area contributed by atoms with Crippen LogP contribution in [0.3, 0.4) is 0 Å². The molecule has 0 saturated carbocycles. The Morgan fingerprint density at radius 1 is 1.11 bits per heavy atom. The average molecular weight is 401 g/mol. The smallest absolute Gasteiger partial charge is 0.191 e. The van der Waals surface area contributed by atoms with Crippen LogP contribution in [0, 0.1) is 0 Å². The molecule has 2 N–H and O–H groups in total. The van der Waals surface area contributed by atoms with Crippen LogP contribution in [0.25, 0.3) is 5.69 Å². The number of thioether (sulfide) groups is 1. The summed E-state index contributed by atoms with van der Waals surface area (Å²) < 4.78 is 1.96. The number of nitrogens with one attached hydrogen (secondary N) is 2. The third-order valence-electron chi connectivity index (χ3n) is 3.77. The molecule has 0 fully saturated rings. The molecule has 0 bridgehead atoms. The van der Waals surface area contributed by atoms with Crippen LogP contribution in [0.1, 0.15) is 5.82 Å². The Bertz CT molecular complexity index is 863. The van der Waals surface area contributed by atoms with Gasteiger partial charge in [0.2, 0.25) is 0 Å². The Labute approximate surface area is 168 Å². The Morgan fingerprint density at radius 3 is 2.63 bits per heavy atom. The predicted molar refractivity (Wildman–Crippen MR) is 112 cm³/mol. The van der Waals surface area contributed by atoms with E-state index in [1.165, 1.54) is 4.90 Å². The molecule has 0 amide bonds. The molecule has 3 rings (SSSR count).